The first-order valence-corrected chi connectivity index (χ1v) is 7.00. The Labute approximate surface area is 106 Å². The Bertz CT molecular complexity index is 688. The molecule has 5 N–H and O–H groups in total. The Morgan fingerprint density at radius 2 is 2.26 bits per heavy atom. The van der Waals surface area contributed by atoms with Gasteiger partial charge in [0.25, 0.3) is 0 Å². The summed E-state index contributed by atoms with van der Waals surface area (Å²) in [6.45, 7) is 0.00599. The van der Waals surface area contributed by atoms with Gasteiger partial charge in [-0.2, -0.15) is 4.98 Å². The van der Waals surface area contributed by atoms with Crippen molar-refractivity contribution in [2.24, 2.45) is 0 Å². The molecular formula is C8H12N5O5P. The van der Waals surface area contributed by atoms with Crippen molar-refractivity contribution in [2.45, 2.75) is 6.54 Å². The predicted octanol–water partition coefficient (Wildman–Crippen LogP) is -1.15. The third kappa shape index (κ3) is 3.18. The van der Waals surface area contributed by atoms with Crippen LogP contribution >= 0.6 is 7.60 Å². The summed E-state index contributed by atoms with van der Waals surface area (Å²) in [5.41, 5.74) is 5.69. The van der Waals surface area contributed by atoms with Gasteiger partial charge in [0.05, 0.1) is 19.5 Å². The van der Waals surface area contributed by atoms with Gasteiger partial charge in [0.1, 0.15) is 11.9 Å². The summed E-state index contributed by atoms with van der Waals surface area (Å²) in [6, 6.07) is 0. The number of fused-ring (bicyclic) bond motifs is 1. The van der Waals surface area contributed by atoms with Gasteiger partial charge in [-0.3, -0.25) is 9.13 Å². The summed E-state index contributed by atoms with van der Waals surface area (Å²) in [7, 11) is -4.21. The van der Waals surface area contributed by atoms with Crippen molar-refractivity contribution in [1.29, 1.82) is 0 Å². The molecule has 2 aromatic rings. The predicted molar refractivity (Wildman–Crippen MR) is 65.4 cm³/mol. The Kier molecular flexibility index (Phi) is 3.67. The van der Waals surface area contributed by atoms with Gasteiger partial charge in [0.2, 0.25) is 0 Å². The molecule has 2 rings (SSSR count). The molecule has 0 atom stereocenters. The zero-order valence-electron chi connectivity index (χ0n) is 9.68. The minimum atomic E-state index is -4.21. The van der Waals surface area contributed by atoms with Crippen molar-refractivity contribution in [1.82, 2.24) is 19.5 Å². The quantitative estimate of drug-likeness (QED) is 0.397. The molecule has 0 radical (unpaired) electrons. The van der Waals surface area contributed by atoms with Crippen LogP contribution in [0.15, 0.2) is 11.1 Å². The SMILES string of the molecule is Nc1nc(=O)n(CCOCP(=O)(O)O)c2nc[nH]c12. The van der Waals surface area contributed by atoms with Gasteiger partial charge in [-0.1, -0.05) is 0 Å². The van der Waals surface area contributed by atoms with Gasteiger partial charge in [0.15, 0.2) is 11.5 Å². The zero-order chi connectivity index (χ0) is 14.0. The van der Waals surface area contributed by atoms with Gasteiger partial charge in [-0.05, 0) is 0 Å². The number of imidazole rings is 1. The minimum Gasteiger partial charge on any atom is -0.382 e. The molecule has 0 aliphatic carbocycles. The molecule has 0 saturated carbocycles. The molecule has 2 heterocycles. The lowest BCUT2D eigenvalue weighted by molar-refractivity contribution is 0.148. The first-order chi connectivity index (χ1) is 8.88. The zero-order valence-corrected chi connectivity index (χ0v) is 10.6. The van der Waals surface area contributed by atoms with Gasteiger partial charge in [-0.25, -0.2) is 9.78 Å². The maximum absolute atomic E-state index is 11.7. The molecule has 0 unspecified atom stereocenters. The van der Waals surface area contributed by atoms with Crippen molar-refractivity contribution in [2.75, 3.05) is 18.7 Å². The molecule has 2 aromatic heterocycles. The van der Waals surface area contributed by atoms with Gasteiger partial charge < -0.3 is 25.2 Å². The monoisotopic (exact) mass is 289 g/mol. The number of nitrogens with two attached hydrogens (primary N) is 1. The largest absolute Gasteiger partial charge is 0.382 e. The third-order valence-corrected chi connectivity index (χ3v) is 2.82. The van der Waals surface area contributed by atoms with Gasteiger partial charge in [0, 0.05) is 0 Å². The van der Waals surface area contributed by atoms with Crippen LogP contribution in [0.1, 0.15) is 0 Å². The van der Waals surface area contributed by atoms with Crippen molar-refractivity contribution >= 4 is 24.6 Å². The summed E-state index contributed by atoms with van der Waals surface area (Å²) < 4.78 is 16.6. The standard InChI is InChI=1S/C8H12N5O5P/c9-6-5-7(11-3-10-5)13(8(14)12-6)1-2-18-4-19(15,16)17/h3H,1-2,4H2,(H,10,11)(H2,9,12,14)(H2,15,16,17). The molecule has 19 heavy (non-hydrogen) atoms. The molecular weight excluding hydrogens is 277 g/mol. The van der Waals surface area contributed by atoms with E-state index in [0.717, 1.165) is 0 Å². The second-order valence-electron chi connectivity index (χ2n) is 3.73. The topological polar surface area (TPSA) is 156 Å². The fraction of sp³-hybridized carbons (Fsp3) is 0.375. The highest BCUT2D eigenvalue weighted by Gasteiger charge is 2.14. The molecule has 0 spiro atoms. The van der Waals surface area contributed by atoms with Crippen LogP contribution in [0.4, 0.5) is 5.82 Å². The summed E-state index contributed by atoms with van der Waals surface area (Å²) in [5, 5.41) is 0. The van der Waals surface area contributed by atoms with E-state index in [1.807, 2.05) is 0 Å². The van der Waals surface area contributed by atoms with E-state index in [4.69, 9.17) is 20.3 Å². The molecule has 0 aliphatic heterocycles. The van der Waals surface area contributed by atoms with Crippen LogP contribution in [0.5, 0.6) is 0 Å². The average Bonchev–Trinajstić information content (AvgIpc) is 2.75. The van der Waals surface area contributed by atoms with Crippen LogP contribution in [0.25, 0.3) is 11.2 Å². The number of hydrogen-bond acceptors (Lipinski definition) is 6. The van der Waals surface area contributed by atoms with Crippen LogP contribution in [-0.4, -0.2) is 42.3 Å². The number of nitrogens with one attached hydrogen (secondary N) is 1. The Morgan fingerprint density at radius 3 is 2.95 bits per heavy atom. The van der Waals surface area contributed by atoms with Crippen LogP contribution in [-0.2, 0) is 15.8 Å². The lowest BCUT2D eigenvalue weighted by Crippen LogP contribution is -2.26. The van der Waals surface area contributed by atoms with Crippen LogP contribution in [0.3, 0.4) is 0 Å². The van der Waals surface area contributed by atoms with Crippen LogP contribution in [0, 0.1) is 0 Å². The highest BCUT2D eigenvalue weighted by Crippen LogP contribution is 2.33. The van der Waals surface area contributed by atoms with Crippen molar-refractivity contribution in [3.8, 4) is 0 Å². The van der Waals surface area contributed by atoms with Crippen LogP contribution in [0.2, 0.25) is 0 Å². The molecule has 0 bridgehead atoms. The maximum atomic E-state index is 11.7. The van der Waals surface area contributed by atoms with E-state index in [2.05, 4.69) is 15.0 Å². The molecule has 0 amide bonds. The number of nitrogens with zero attached hydrogens (tertiary/aromatic N) is 3. The fourth-order valence-electron chi connectivity index (χ4n) is 1.53. The summed E-state index contributed by atoms with van der Waals surface area (Å²) in [6.07, 6.45) is 0.670. The second kappa shape index (κ2) is 5.10. The molecule has 0 saturated heterocycles. The lowest BCUT2D eigenvalue weighted by Gasteiger charge is -2.08. The average molecular weight is 289 g/mol. The first kappa shape index (κ1) is 13.7. The molecule has 11 heteroatoms. The number of anilines is 1. The minimum absolute atomic E-state index is 0.0462. The van der Waals surface area contributed by atoms with E-state index in [0.29, 0.717) is 11.2 Å². The molecule has 10 nitrogen and oxygen atoms in total. The third-order valence-electron chi connectivity index (χ3n) is 2.30. The number of nitrogen functional groups attached to an aromatic ring is 1. The number of H-pyrrole nitrogens is 1. The molecule has 0 fully saturated rings. The highest BCUT2D eigenvalue weighted by atomic mass is 31.2. The summed E-state index contributed by atoms with van der Waals surface area (Å²) in [4.78, 5) is 39.2. The maximum Gasteiger partial charge on any atom is 0.351 e. The van der Waals surface area contributed by atoms with Gasteiger partial charge in [-0.15, -0.1) is 0 Å². The van der Waals surface area contributed by atoms with Crippen LogP contribution < -0.4 is 11.4 Å². The smallest absolute Gasteiger partial charge is 0.351 e. The Balaban J connectivity index is 2.15. The normalized spacial score (nSPS) is 12.1. The van der Waals surface area contributed by atoms with E-state index >= 15 is 0 Å². The molecule has 104 valence electrons. The van der Waals surface area contributed by atoms with E-state index in [-0.39, 0.29) is 19.0 Å². The Hall–Kier alpha value is -1.74. The number of hydrogen-bond donors (Lipinski definition) is 4. The molecule has 0 aliphatic rings. The number of aromatic nitrogens is 4. The van der Waals surface area contributed by atoms with E-state index in [1.165, 1.54) is 10.9 Å². The van der Waals surface area contributed by atoms with Gasteiger partial charge >= 0.3 is 13.3 Å². The highest BCUT2D eigenvalue weighted by molar-refractivity contribution is 7.51. The second-order valence-corrected chi connectivity index (χ2v) is 5.32. The summed E-state index contributed by atoms with van der Waals surface area (Å²) >= 11 is 0. The lowest BCUT2D eigenvalue weighted by atomic mass is 10.5. The molecule has 0 aromatic carbocycles. The fourth-order valence-corrected chi connectivity index (χ4v) is 1.90. The van der Waals surface area contributed by atoms with E-state index in [9.17, 15) is 9.36 Å². The summed E-state index contributed by atoms with van der Waals surface area (Å²) in [5.74, 6) is 0.0462. The number of aromatic amines is 1. The first-order valence-electron chi connectivity index (χ1n) is 5.20. The van der Waals surface area contributed by atoms with Crippen molar-refractivity contribution in [3.05, 3.63) is 16.8 Å². The van der Waals surface area contributed by atoms with E-state index < -0.39 is 19.6 Å². The number of ether oxygens (including phenoxy) is 1. The van der Waals surface area contributed by atoms with E-state index in [1.54, 1.807) is 0 Å². The Morgan fingerprint density at radius 1 is 1.53 bits per heavy atom. The number of rotatable bonds is 5. The van der Waals surface area contributed by atoms with Crippen molar-refractivity contribution in [3.63, 3.8) is 0 Å². The van der Waals surface area contributed by atoms with Crippen molar-refractivity contribution < 1.29 is 19.1 Å².